The van der Waals surface area contributed by atoms with Gasteiger partial charge in [0.2, 0.25) is 0 Å². The van der Waals surface area contributed by atoms with Crippen LogP contribution in [0.5, 0.6) is 0 Å². The van der Waals surface area contributed by atoms with Gasteiger partial charge in [-0.2, -0.15) is 10.5 Å². The smallest absolute Gasteiger partial charge is 0.141 e. The molecule has 0 aliphatic rings. The Morgan fingerprint density at radius 2 is 0.875 bits per heavy atom. The summed E-state index contributed by atoms with van der Waals surface area (Å²) in [6.45, 7) is 0. The molecular weight excluding hydrogens is 306 g/mol. The van der Waals surface area contributed by atoms with E-state index in [4.69, 9.17) is 10.5 Å². The molecule has 0 amide bonds. The van der Waals surface area contributed by atoms with Gasteiger partial charge in [0.15, 0.2) is 0 Å². The van der Waals surface area contributed by atoms with E-state index in [2.05, 4.69) is 0 Å². The first kappa shape index (κ1) is 15.4. The summed E-state index contributed by atoms with van der Waals surface area (Å²) in [5, 5.41) is 17.5. The molecule has 3 aromatic rings. The first-order valence-corrected chi connectivity index (χ1v) is 7.12. The molecule has 0 aromatic heterocycles. The lowest BCUT2D eigenvalue weighted by molar-refractivity contribution is 0.624. The Morgan fingerprint density at radius 1 is 0.542 bits per heavy atom. The number of nitrogens with zero attached hydrogens (tertiary/aromatic N) is 2. The van der Waals surface area contributed by atoms with Crippen molar-refractivity contribution in [2.24, 2.45) is 0 Å². The van der Waals surface area contributed by atoms with Crippen molar-refractivity contribution >= 4 is 0 Å². The fourth-order valence-electron chi connectivity index (χ4n) is 2.43. The molecule has 0 N–H and O–H groups in total. The highest BCUT2D eigenvalue weighted by Gasteiger charge is 2.07. The zero-order valence-corrected chi connectivity index (χ0v) is 12.4. The normalized spacial score (nSPS) is 10.0. The van der Waals surface area contributed by atoms with Crippen LogP contribution in [0.1, 0.15) is 11.1 Å². The third-order valence-electron chi connectivity index (χ3n) is 3.73. The number of nitriles is 2. The van der Waals surface area contributed by atoms with E-state index in [1.807, 2.05) is 0 Å². The van der Waals surface area contributed by atoms with Crippen LogP contribution in [-0.2, 0) is 0 Å². The molecule has 0 atom stereocenters. The summed E-state index contributed by atoms with van der Waals surface area (Å²) in [6, 6.07) is 19.6. The predicted octanol–water partition coefficient (Wildman–Crippen LogP) is 5.04. The number of hydrogen-bond acceptors (Lipinski definition) is 2. The maximum Gasteiger partial charge on any atom is 0.141 e. The second-order valence-corrected chi connectivity index (χ2v) is 5.19. The van der Waals surface area contributed by atoms with Gasteiger partial charge in [-0.15, -0.1) is 0 Å². The van der Waals surface area contributed by atoms with Crippen molar-refractivity contribution in [2.75, 3.05) is 0 Å². The standard InChI is InChI=1S/C20H10F2N2/c21-19-9-15(5-7-17(19)11-23)13-1-2-14(4-3-13)16-6-8-18(12-24)20(22)10-16/h1-10H. The molecule has 24 heavy (non-hydrogen) atoms. The maximum atomic E-state index is 13.7. The molecule has 0 saturated carbocycles. The largest absolute Gasteiger partial charge is 0.206 e. The van der Waals surface area contributed by atoms with Gasteiger partial charge >= 0.3 is 0 Å². The summed E-state index contributed by atoms with van der Waals surface area (Å²) >= 11 is 0. The van der Waals surface area contributed by atoms with E-state index < -0.39 is 11.6 Å². The lowest BCUT2D eigenvalue weighted by Crippen LogP contribution is -1.87. The predicted molar refractivity (Wildman–Crippen MR) is 86.7 cm³/mol. The van der Waals surface area contributed by atoms with Gasteiger partial charge in [-0.3, -0.25) is 0 Å². The van der Waals surface area contributed by atoms with Crippen molar-refractivity contribution in [3.8, 4) is 34.4 Å². The van der Waals surface area contributed by atoms with Crippen LogP contribution in [0.2, 0.25) is 0 Å². The average molecular weight is 316 g/mol. The topological polar surface area (TPSA) is 47.6 Å². The van der Waals surface area contributed by atoms with Crippen molar-refractivity contribution in [2.45, 2.75) is 0 Å². The molecule has 0 heterocycles. The summed E-state index contributed by atoms with van der Waals surface area (Å²) in [6.07, 6.45) is 0. The van der Waals surface area contributed by atoms with Gasteiger partial charge in [0, 0.05) is 0 Å². The van der Waals surface area contributed by atoms with Crippen molar-refractivity contribution in [3.05, 3.63) is 83.4 Å². The molecule has 0 radical (unpaired) electrons. The van der Waals surface area contributed by atoms with E-state index >= 15 is 0 Å². The fourth-order valence-corrected chi connectivity index (χ4v) is 2.43. The molecule has 0 unspecified atom stereocenters. The molecule has 4 heteroatoms. The quantitative estimate of drug-likeness (QED) is 0.665. The first-order chi connectivity index (χ1) is 11.6. The lowest BCUT2D eigenvalue weighted by Gasteiger charge is -2.06. The van der Waals surface area contributed by atoms with Crippen LogP contribution < -0.4 is 0 Å². The second kappa shape index (κ2) is 6.32. The van der Waals surface area contributed by atoms with E-state index in [1.165, 1.54) is 24.3 Å². The molecule has 0 aliphatic heterocycles. The Hall–Kier alpha value is -3.50. The summed E-state index contributed by atoms with van der Waals surface area (Å²) < 4.78 is 27.4. The highest BCUT2D eigenvalue weighted by Crippen LogP contribution is 2.27. The number of rotatable bonds is 2. The Balaban J connectivity index is 1.94. The summed E-state index contributed by atoms with van der Waals surface area (Å²) in [5.74, 6) is -1.12. The van der Waals surface area contributed by atoms with Gasteiger partial charge in [-0.25, -0.2) is 8.78 Å². The van der Waals surface area contributed by atoms with Crippen LogP contribution in [0.15, 0.2) is 60.7 Å². The van der Waals surface area contributed by atoms with Crippen molar-refractivity contribution < 1.29 is 8.78 Å². The van der Waals surface area contributed by atoms with Crippen molar-refractivity contribution in [1.29, 1.82) is 10.5 Å². The number of hydrogen-bond donors (Lipinski definition) is 0. The summed E-state index contributed by atoms with van der Waals surface area (Å²) in [7, 11) is 0. The van der Waals surface area contributed by atoms with Crippen molar-refractivity contribution in [1.82, 2.24) is 0 Å². The zero-order chi connectivity index (χ0) is 17.1. The zero-order valence-electron chi connectivity index (χ0n) is 12.4. The minimum atomic E-state index is -0.562. The third kappa shape index (κ3) is 2.86. The van der Waals surface area contributed by atoms with E-state index in [1.54, 1.807) is 48.5 Å². The van der Waals surface area contributed by atoms with E-state index in [9.17, 15) is 8.78 Å². The van der Waals surface area contributed by atoms with Gasteiger partial charge < -0.3 is 0 Å². The highest BCUT2D eigenvalue weighted by atomic mass is 19.1. The van der Waals surface area contributed by atoms with E-state index in [0.717, 1.165) is 11.1 Å². The van der Waals surface area contributed by atoms with E-state index in [-0.39, 0.29) is 11.1 Å². The lowest BCUT2D eigenvalue weighted by atomic mass is 9.99. The third-order valence-corrected chi connectivity index (χ3v) is 3.73. The molecular formula is C20H10F2N2. The Bertz CT molecular complexity index is 911. The maximum absolute atomic E-state index is 13.7. The first-order valence-electron chi connectivity index (χ1n) is 7.12. The van der Waals surface area contributed by atoms with Gasteiger partial charge in [0.25, 0.3) is 0 Å². The SMILES string of the molecule is N#Cc1ccc(-c2ccc(-c3ccc(C#N)c(F)c3)cc2)cc1F. The molecule has 0 fully saturated rings. The molecule has 0 spiro atoms. The van der Waals surface area contributed by atoms with Crippen LogP contribution in [-0.4, -0.2) is 0 Å². The Kier molecular flexibility index (Phi) is 4.05. The molecule has 0 saturated heterocycles. The van der Waals surface area contributed by atoms with Gasteiger partial charge in [-0.05, 0) is 46.5 Å². The second-order valence-electron chi connectivity index (χ2n) is 5.19. The minimum Gasteiger partial charge on any atom is -0.206 e. The monoisotopic (exact) mass is 316 g/mol. The molecule has 3 rings (SSSR count). The Morgan fingerprint density at radius 3 is 1.17 bits per heavy atom. The van der Waals surface area contributed by atoms with Crippen molar-refractivity contribution in [3.63, 3.8) is 0 Å². The van der Waals surface area contributed by atoms with E-state index in [0.29, 0.717) is 11.1 Å². The average Bonchev–Trinajstić information content (AvgIpc) is 2.61. The Labute approximate surface area is 137 Å². The van der Waals surface area contributed by atoms with Crippen LogP contribution in [0, 0.1) is 34.3 Å². The van der Waals surface area contributed by atoms with Crippen LogP contribution >= 0.6 is 0 Å². The van der Waals surface area contributed by atoms with Crippen LogP contribution in [0.4, 0.5) is 8.78 Å². The van der Waals surface area contributed by atoms with Gasteiger partial charge in [-0.1, -0.05) is 36.4 Å². The van der Waals surface area contributed by atoms with Crippen LogP contribution in [0.25, 0.3) is 22.3 Å². The molecule has 0 bridgehead atoms. The van der Waals surface area contributed by atoms with Gasteiger partial charge in [0.1, 0.15) is 23.8 Å². The van der Waals surface area contributed by atoms with Gasteiger partial charge in [0.05, 0.1) is 11.1 Å². The minimum absolute atomic E-state index is 0.00317. The summed E-state index contributed by atoms with van der Waals surface area (Å²) in [4.78, 5) is 0. The van der Waals surface area contributed by atoms with Crippen LogP contribution in [0.3, 0.4) is 0 Å². The molecule has 3 aromatic carbocycles. The molecule has 2 nitrogen and oxygen atoms in total. The summed E-state index contributed by atoms with van der Waals surface area (Å²) in [5.41, 5.74) is 2.90. The number of halogens is 2. The number of benzene rings is 3. The highest BCUT2D eigenvalue weighted by molar-refractivity contribution is 5.71. The molecule has 114 valence electrons. The molecule has 0 aliphatic carbocycles. The fraction of sp³-hybridized carbons (Fsp3) is 0.